The summed E-state index contributed by atoms with van der Waals surface area (Å²) in [6, 6.07) is -0.713. The van der Waals surface area contributed by atoms with E-state index in [0.717, 1.165) is 44.9 Å². The smallest absolute Gasteiger partial charge is 0.326 e. The van der Waals surface area contributed by atoms with Crippen molar-refractivity contribution in [3.8, 4) is 0 Å². The predicted molar refractivity (Wildman–Crippen MR) is 81.7 cm³/mol. The Labute approximate surface area is 123 Å². The van der Waals surface area contributed by atoms with E-state index in [1.807, 2.05) is 0 Å². The monoisotopic (exact) mass is 285 g/mol. The number of unbranched alkanes of at least 4 members (excludes halogenated alkanes) is 7. The van der Waals surface area contributed by atoms with Crippen LogP contribution in [0.15, 0.2) is 0 Å². The molecule has 1 amide bonds. The third-order valence-electron chi connectivity index (χ3n) is 3.49. The Morgan fingerprint density at radius 2 is 1.45 bits per heavy atom. The molecule has 0 aromatic carbocycles. The maximum Gasteiger partial charge on any atom is 0.326 e. The van der Waals surface area contributed by atoms with E-state index in [-0.39, 0.29) is 5.91 Å². The van der Waals surface area contributed by atoms with Gasteiger partial charge in [0.2, 0.25) is 5.91 Å². The lowest BCUT2D eigenvalue weighted by Crippen LogP contribution is -2.40. The van der Waals surface area contributed by atoms with E-state index in [4.69, 9.17) is 5.11 Å². The standard InChI is InChI=1S/C16H31NO3/c1-3-5-7-9-11-13-15(18)17-14(16(19)20)12-10-8-6-4-2/h14H,3-13H2,1-2H3,(H,17,18)(H,19,20). The Morgan fingerprint density at radius 3 is 2.00 bits per heavy atom. The van der Waals surface area contributed by atoms with Gasteiger partial charge in [0.25, 0.3) is 0 Å². The average molecular weight is 285 g/mol. The van der Waals surface area contributed by atoms with Crippen molar-refractivity contribution in [1.29, 1.82) is 0 Å². The molecule has 0 rings (SSSR count). The number of rotatable bonds is 13. The third-order valence-corrected chi connectivity index (χ3v) is 3.49. The van der Waals surface area contributed by atoms with Crippen molar-refractivity contribution < 1.29 is 14.7 Å². The normalized spacial score (nSPS) is 12.1. The Hall–Kier alpha value is -1.06. The minimum atomic E-state index is -0.916. The number of aliphatic carboxylic acids is 1. The Balaban J connectivity index is 3.81. The molecule has 0 saturated carbocycles. The maximum atomic E-state index is 11.7. The number of carboxylic acid groups (broad SMARTS) is 1. The van der Waals surface area contributed by atoms with E-state index in [2.05, 4.69) is 19.2 Å². The number of amides is 1. The lowest BCUT2D eigenvalue weighted by atomic mass is 10.1. The van der Waals surface area contributed by atoms with Gasteiger partial charge in [0.15, 0.2) is 0 Å². The fourth-order valence-electron chi connectivity index (χ4n) is 2.19. The molecule has 1 atom stereocenters. The summed E-state index contributed by atoms with van der Waals surface area (Å²) >= 11 is 0. The van der Waals surface area contributed by atoms with Crippen LogP contribution in [0.3, 0.4) is 0 Å². The highest BCUT2D eigenvalue weighted by molar-refractivity contribution is 5.83. The quantitative estimate of drug-likeness (QED) is 0.505. The molecule has 0 aliphatic heterocycles. The van der Waals surface area contributed by atoms with Crippen LogP contribution in [-0.4, -0.2) is 23.0 Å². The molecule has 0 aliphatic rings. The van der Waals surface area contributed by atoms with Crippen LogP contribution in [0.2, 0.25) is 0 Å². The van der Waals surface area contributed by atoms with Crippen molar-refractivity contribution in [2.75, 3.05) is 0 Å². The van der Waals surface area contributed by atoms with E-state index in [1.54, 1.807) is 0 Å². The highest BCUT2D eigenvalue weighted by Gasteiger charge is 2.18. The molecule has 1 unspecified atom stereocenters. The van der Waals surface area contributed by atoms with Crippen molar-refractivity contribution in [3.63, 3.8) is 0 Å². The van der Waals surface area contributed by atoms with Crippen LogP contribution in [0.25, 0.3) is 0 Å². The molecule has 0 fully saturated rings. The van der Waals surface area contributed by atoms with Crippen molar-refractivity contribution in [3.05, 3.63) is 0 Å². The van der Waals surface area contributed by atoms with Crippen LogP contribution in [0, 0.1) is 0 Å². The minimum Gasteiger partial charge on any atom is -0.480 e. The van der Waals surface area contributed by atoms with E-state index in [1.165, 1.54) is 12.8 Å². The van der Waals surface area contributed by atoms with Gasteiger partial charge in [-0.25, -0.2) is 4.79 Å². The molecular weight excluding hydrogens is 254 g/mol. The molecule has 0 aromatic heterocycles. The third kappa shape index (κ3) is 10.8. The molecule has 0 spiro atoms. The van der Waals surface area contributed by atoms with Crippen LogP contribution in [-0.2, 0) is 9.59 Å². The minimum absolute atomic E-state index is 0.121. The SMILES string of the molecule is CCCCCCCC(=O)NC(CCCCCC)C(=O)O. The molecule has 0 saturated heterocycles. The first-order valence-corrected chi connectivity index (χ1v) is 8.14. The Bertz CT molecular complexity index is 266. The zero-order valence-corrected chi connectivity index (χ0v) is 13.1. The fraction of sp³-hybridized carbons (Fsp3) is 0.875. The fourth-order valence-corrected chi connectivity index (χ4v) is 2.19. The highest BCUT2D eigenvalue weighted by Crippen LogP contribution is 2.08. The van der Waals surface area contributed by atoms with Gasteiger partial charge in [-0.3, -0.25) is 4.79 Å². The first-order chi connectivity index (χ1) is 9.61. The lowest BCUT2D eigenvalue weighted by Gasteiger charge is -2.14. The van der Waals surface area contributed by atoms with E-state index >= 15 is 0 Å². The second kappa shape index (κ2) is 12.9. The first kappa shape index (κ1) is 18.9. The molecule has 0 radical (unpaired) electrons. The highest BCUT2D eigenvalue weighted by atomic mass is 16.4. The number of nitrogens with one attached hydrogen (secondary N) is 1. The van der Waals surface area contributed by atoms with Crippen LogP contribution >= 0.6 is 0 Å². The van der Waals surface area contributed by atoms with E-state index in [0.29, 0.717) is 12.8 Å². The zero-order valence-electron chi connectivity index (χ0n) is 13.1. The van der Waals surface area contributed by atoms with Gasteiger partial charge in [-0.15, -0.1) is 0 Å². The second-order valence-electron chi connectivity index (χ2n) is 5.47. The van der Waals surface area contributed by atoms with Crippen molar-refractivity contribution in [2.24, 2.45) is 0 Å². The average Bonchev–Trinajstić information content (AvgIpc) is 2.41. The second-order valence-corrected chi connectivity index (χ2v) is 5.47. The Morgan fingerprint density at radius 1 is 0.900 bits per heavy atom. The molecule has 4 nitrogen and oxygen atoms in total. The summed E-state index contributed by atoms with van der Waals surface area (Å²) in [5, 5.41) is 11.8. The summed E-state index contributed by atoms with van der Waals surface area (Å²) in [5.41, 5.74) is 0. The molecule has 2 N–H and O–H groups in total. The van der Waals surface area contributed by atoms with Crippen molar-refractivity contribution in [1.82, 2.24) is 5.32 Å². The van der Waals surface area contributed by atoms with Gasteiger partial charge in [-0.05, 0) is 12.8 Å². The number of hydrogen-bond acceptors (Lipinski definition) is 2. The molecule has 0 heterocycles. The van der Waals surface area contributed by atoms with Gasteiger partial charge in [0, 0.05) is 6.42 Å². The summed E-state index contributed by atoms with van der Waals surface area (Å²) in [6.07, 6.45) is 10.6. The maximum absolute atomic E-state index is 11.7. The molecule has 0 aromatic rings. The lowest BCUT2D eigenvalue weighted by molar-refractivity contribution is -0.142. The van der Waals surface area contributed by atoms with E-state index in [9.17, 15) is 9.59 Å². The van der Waals surface area contributed by atoms with Crippen molar-refractivity contribution >= 4 is 11.9 Å². The Kier molecular flexibility index (Phi) is 12.3. The summed E-state index contributed by atoms with van der Waals surface area (Å²) < 4.78 is 0. The largest absolute Gasteiger partial charge is 0.480 e. The molecule has 4 heteroatoms. The summed E-state index contributed by atoms with van der Waals surface area (Å²) in [7, 11) is 0. The molecular formula is C16H31NO3. The van der Waals surface area contributed by atoms with Crippen LogP contribution in [0.5, 0.6) is 0 Å². The van der Waals surface area contributed by atoms with Gasteiger partial charge in [-0.2, -0.15) is 0 Å². The van der Waals surface area contributed by atoms with Gasteiger partial charge >= 0.3 is 5.97 Å². The van der Waals surface area contributed by atoms with Gasteiger partial charge < -0.3 is 10.4 Å². The predicted octanol–water partition coefficient (Wildman–Crippen LogP) is 3.89. The molecule has 20 heavy (non-hydrogen) atoms. The topological polar surface area (TPSA) is 66.4 Å². The molecule has 118 valence electrons. The van der Waals surface area contributed by atoms with Gasteiger partial charge in [-0.1, -0.05) is 65.2 Å². The number of carboxylic acids is 1. The van der Waals surface area contributed by atoms with Crippen molar-refractivity contribution in [2.45, 2.75) is 90.5 Å². The zero-order chi connectivity index (χ0) is 15.2. The van der Waals surface area contributed by atoms with Crippen LogP contribution < -0.4 is 5.32 Å². The number of carbonyl (C=O) groups is 2. The van der Waals surface area contributed by atoms with Gasteiger partial charge in [0.1, 0.15) is 6.04 Å². The van der Waals surface area contributed by atoms with Crippen LogP contribution in [0.1, 0.15) is 84.5 Å². The van der Waals surface area contributed by atoms with Gasteiger partial charge in [0.05, 0.1) is 0 Å². The summed E-state index contributed by atoms with van der Waals surface area (Å²) in [4.78, 5) is 22.8. The molecule has 0 bridgehead atoms. The molecule has 0 aliphatic carbocycles. The van der Waals surface area contributed by atoms with E-state index < -0.39 is 12.0 Å². The summed E-state index contributed by atoms with van der Waals surface area (Å²) in [5.74, 6) is -1.04. The number of hydrogen-bond donors (Lipinski definition) is 2. The first-order valence-electron chi connectivity index (χ1n) is 8.14. The summed E-state index contributed by atoms with van der Waals surface area (Å²) in [6.45, 7) is 4.28. The van der Waals surface area contributed by atoms with Crippen LogP contribution in [0.4, 0.5) is 0 Å². The number of carbonyl (C=O) groups excluding carboxylic acids is 1.